The van der Waals surface area contributed by atoms with Crippen LogP contribution in [0.2, 0.25) is 0 Å². The van der Waals surface area contributed by atoms with Crippen LogP contribution in [0.1, 0.15) is 120 Å². The largest absolute Gasteiger partial charge is 0.458 e. The van der Waals surface area contributed by atoms with E-state index in [2.05, 4.69) is 41.9 Å². The number of thioether (sulfide) groups is 2. The molecule has 4 aliphatic rings. The Morgan fingerprint density at radius 2 is 0.735 bits per heavy atom. The molecule has 6 N–H and O–H groups in total. The number of rotatable bonds is 52. The van der Waals surface area contributed by atoms with Crippen LogP contribution in [0.3, 0.4) is 0 Å². The summed E-state index contributed by atoms with van der Waals surface area (Å²) in [7, 11) is -8.26. The molecule has 736 valence electrons. The number of esters is 2. The number of urea groups is 2. The Balaban J connectivity index is 0.0000238. The van der Waals surface area contributed by atoms with Gasteiger partial charge >= 0.3 is 36.2 Å². The highest BCUT2D eigenvalue weighted by molar-refractivity contribution is 8.02. The number of hydrogen-bond acceptors (Lipinski definition) is 30. The Morgan fingerprint density at radius 1 is 0.417 bits per heavy atom. The van der Waals surface area contributed by atoms with E-state index >= 15 is 0 Å². The lowest BCUT2D eigenvalue weighted by atomic mass is 10.0. The number of pyridine rings is 2. The van der Waals surface area contributed by atoms with E-state index in [1.54, 1.807) is 128 Å². The molecule has 44 heteroatoms. The van der Waals surface area contributed by atoms with Crippen molar-refractivity contribution in [3.8, 4) is 11.5 Å². The second-order valence-corrected chi connectivity index (χ2v) is 40.9. The van der Waals surface area contributed by atoms with Crippen molar-refractivity contribution < 1.29 is 122 Å². The smallest absolute Gasteiger partial charge is 0.415 e. The Morgan fingerprint density at radius 3 is 1.06 bits per heavy atom. The highest BCUT2D eigenvalue weighted by atomic mass is 32.2. The van der Waals surface area contributed by atoms with Crippen molar-refractivity contribution in [1.29, 1.82) is 0 Å². The van der Waals surface area contributed by atoms with Gasteiger partial charge in [0.1, 0.15) is 56.7 Å². The number of piperazine rings is 2. The maximum absolute atomic E-state index is 14.1. The number of benzene rings is 2. The summed E-state index contributed by atoms with van der Waals surface area (Å²) < 4.78 is 123. The molecule has 4 saturated heterocycles. The van der Waals surface area contributed by atoms with Gasteiger partial charge in [-0.15, -0.1) is 23.5 Å². The van der Waals surface area contributed by atoms with E-state index in [0.29, 0.717) is 96.3 Å². The minimum absolute atomic E-state index is 0. The first-order chi connectivity index (χ1) is 62.4. The monoisotopic (exact) mass is 1930 g/mol. The molecule has 0 unspecified atom stereocenters. The van der Waals surface area contributed by atoms with Gasteiger partial charge in [0.15, 0.2) is 0 Å². The lowest BCUT2D eigenvalue weighted by Crippen LogP contribution is -2.57. The van der Waals surface area contributed by atoms with E-state index in [-0.39, 0.29) is 208 Å². The average molecular weight is 1930 g/mol. The summed E-state index contributed by atoms with van der Waals surface area (Å²) in [6.45, 7) is 26.3. The van der Waals surface area contributed by atoms with E-state index in [1.807, 2.05) is 0 Å². The molecule has 0 saturated carbocycles. The zero-order chi connectivity index (χ0) is 95.0. The van der Waals surface area contributed by atoms with Crippen LogP contribution in [0.25, 0.3) is 0 Å². The van der Waals surface area contributed by atoms with E-state index < -0.39 is 101 Å². The van der Waals surface area contributed by atoms with Crippen LogP contribution >= 0.6 is 23.5 Å². The van der Waals surface area contributed by atoms with Crippen LogP contribution in [-0.2, 0) is 109 Å². The average Bonchev–Trinajstić information content (AvgIpc) is 1.61. The molecule has 132 heavy (non-hydrogen) atoms. The Hall–Kier alpha value is -9.16. The summed E-state index contributed by atoms with van der Waals surface area (Å²) >= 11 is 2.60. The molecule has 4 fully saturated rings. The fraction of sp³-hybridized carbons (Fsp3) is 0.636. The standard InChI is InChI=1S/C87H130N14O26S4.CH4/c1-84(2,3)126-78(106)70(94-76(104)74-86(7,8)128-62-100(74)130(112,113)68-16-11-28-88-60-68)58-64-18-22-66(23-19-64)124-82(110)98-38-34-96(35-39-98)80(108)92-32-48-122-56-54-120-46-26-72(102)90-30-13-42-116-50-52-118-44-15-45-119-53-51-117-43-14-31-91-73(103)27-47-121-55-57-123-49-33-93-81(109)97-36-40-99(41-37-97)83(111)125-67-24-20-65(21-25-67)59-71(79(107)127-85(4,5)6)95-77(105)75-87(9,10)129-63-101(75)131(114,115)69-17-12-29-89-61-69;/h11-12,16-25,28-29,60-61,70-71,74-75H,13-15,26-27,30-59,62-63H2,1-10H3,(H,90,102)(H,91,103)(H,92,108)(H,93,109)(H,94,104)(H,95,105);1H4/t70-,71-,74+,75+;/m0./s1. The summed E-state index contributed by atoms with van der Waals surface area (Å²) in [5.41, 5.74) is -0.596. The molecule has 0 aliphatic carbocycles. The first-order valence-corrected chi connectivity index (χ1v) is 48.8. The van der Waals surface area contributed by atoms with Crippen molar-refractivity contribution in [3.05, 3.63) is 109 Å². The van der Waals surface area contributed by atoms with Crippen molar-refractivity contribution in [2.45, 2.75) is 176 Å². The van der Waals surface area contributed by atoms with Gasteiger partial charge in [0, 0.05) is 165 Å². The number of ether oxygens (including phenoxy) is 12. The molecule has 6 heterocycles. The lowest BCUT2D eigenvalue weighted by molar-refractivity contribution is -0.159. The minimum Gasteiger partial charge on any atom is -0.458 e. The van der Waals surface area contributed by atoms with Crippen LogP contribution in [0.5, 0.6) is 11.5 Å². The highest BCUT2D eigenvalue weighted by Gasteiger charge is 2.54. The highest BCUT2D eigenvalue weighted by Crippen LogP contribution is 2.44. The Kier molecular flexibility index (Phi) is 45.8. The number of nitrogens with zero attached hydrogens (tertiary/aromatic N) is 8. The van der Waals surface area contributed by atoms with Gasteiger partial charge in [-0.05, 0) is 148 Å². The molecule has 4 atom stereocenters. The Bertz CT molecular complexity index is 4230. The number of aromatic nitrogens is 2. The van der Waals surface area contributed by atoms with Crippen LogP contribution < -0.4 is 41.4 Å². The van der Waals surface area contributed by atoms with Gasteiger partial charge in [0.2, 0.25) is 43.7 Å². The van der Waals surface area contributed by atoms with Crippen LogP contribution in [0, 0.1) is 0 Å². The van der Waals surface area contributed by atoms with Gasteiger partial charge in [-0.25, -0.2) is 45.6 Å². The van der Waals surface area contributed by atoms with Crippen molar-refractivity contribution in [2.24, 2.45) is 0 Å². The van der Waals surface area contributed by atoms with Gasteiger partial charge in [-0.2, -0.15) is 8.61 Å². The van der Waals surface area contributed by atoms with E-state index in [1.165, 1.54) is 82.4 Å². The van der Waals surface area contributed by atoms with E-state index in [4.69, 9.17) is 56.8 Å². The van der Waals surface area contributed by atoms with Gasteiger partial charge in [0.05, 0.1) is 91.0 Å². The van der Waals surface area contributed by atoms with Gasteiger partial charge in [-0.1, -0.05) is 31.7 Å². The fourth-order valence-corrected chi connectivity index (χ4v) is 19.9. The lowest BCUT2D eigenvalue weighted by Gasteiger charge is -2.34. The molecule has 2 aromatic heterocycles. The summed E-state index contributed by atoms with van der Waals surface area (Å²) in [6, 6.07) is 13.3. The zero-order valence-electron chi connectivity index (χ0n) is 76.5. The molecule has 8 rings (SSSR count). The minimum atomic E-state index is -4.13. The normalized spacial score (nSPS) is 17.0. The second-order valence-electron chi connectivity index (χ2n) is 33.9. The SMILES string of the molecule is C.CC(C)(C)OC(=O)[C@H](Cc1ccc(OC(=O)N2CCN(C(=O)NCCOCCOCCC(=O)NCCCOCCOCCCOCCOCCCNC(=O)CCOCCOCCNC(=O)N3CCN(C(=O)Oc4ccc(C[C@H](NC(=O)[C@H]5N(S(=O)(=O)c6cccnc6)CSC5(C)C)C(=O)OC(C)(C)C)cc4)CC3)CC2)cc1)NC(=O)[C@H]1N(S(=O)(=O)c2cccnc2)CSC1(C)C. The molecule has 4 aromatic rings. The quantitative estimate of drug-likeness (QED) is 0.0231. The van der Waals surface area contributed by atoms with Crippen molar-refractivity contribution >= 4 is 103 Å². The first kappa shape index (κ1) is 110. The maximum Gasteiger partial charge on any atom is 0.415 e. The molecule has 40 nitrogen and oxygen atoms in total. The van der Waals surface area contributed by atoms with E-state index in [9.17, 15) is 64.8 Å². The number of carbonyl (C=O) groups is 10. The Labute approximate surface area is 783 Å². The number of nitrogens with one attached hydrogen (secondary N) is 6. The first-order valence-electron chi connectivity index (χ1n) is 43.9. The van der Waals surface area contributed by atoms with Crippen LogP contribution in [0.4, 0.5) is 19.2 Å². The second kappa shape index (κ2) is 55.0. The third-order valence-electron chi connectivity index (χ3n) is 20.4. The van der Waals surface area contributed by atoms with Crippen molar-refractivity contribution in [3.63, 3.8) is 0 Å². The zero-order valence-corrected chi connectivity index (χ0v) is 79.8. The molecule has 4 aliphatic heterocycles. The third-order valence-corrected chi connectivity index (χ3v) is 27.1. The fourth-order valence-electron chi connectivity index (χ4n) is 13.6. The summed E-state index contributed by atoms with van der Waals surface area (Å²) in [5.74, 6) is -2.56. The van der Waals surface area contributed by atoms with Crippen LogP contribution in [0.15, 0.2) is 107 Å². The summed E-state index contributed by atoms with van der Waals surface area (Å²) in [4.78, 5) is 146. The molecule has 0 bridgehead atoms. The molecular formula is C88H134N14O26S4. The number of sulfonamides is 2. The van der Waals surface area contributed by atoms with E-state index in [0.717, 1.165) is 8.61 Å². The van der Waals surface area contributed by atoms with Crippen LogP contribution in [-0.4, -0.2) is 356 Å². The summed E-state index contributed by atoms with van der Waals surface area (Å²) in [6.07, 6.45) is 6.45. The third kappa shape index (κ3) is 37.6. The van der Waals surface area contributed by atoms with Gasteiger partial charge < -0.3 is 108 Å². The van der Waals surface area contributed by atoms with Gasteiger partial charge in [0.25, 0.3) is 0 Å². The molecule has 0 radical (unpaired) electrons. The molecule has 2 aromatic carbocycles. The predicted molar refractivity (Wildman–Crippen MR) is 491 cm³/mol. The van der Waals surface area contributed by atoms with Gasteiger partial charge in [-0.3, -0.25) is 29.1 Å². The number of amides is 10. The number of hydrogen-bond donors (Lipinski definition) is 6. The molecule has 0 spiro atoms. The topological polar surface area (TPSA) is 467 Å². The number of carbonyl (C=O) groups excluding carboxylic acids is 10. The van der Waals surface area contributed by atoms with Crippen molar-refractivity contribution in [1.82, 2.24) is 70.1 Å². The molecular weight excluding hydrogens is 1800 g/mol. The molecule has 10 amide bonds. The van der Waals surface area contributed by atoms with Crippen molar-refractivity contribution in [2.75, 3.05) is 196 Å². The summed E-state index contributed by atoms with van der Waals surface area (Å²) in [5, 5.41) is 16.9. The maximum atomic E-state index is 14.1. The predicted octanol–water partition coefficient (Wildman–Crippen LogP) is 5.60.